The van der Waals surface area contributed by atoms with Gasteiger partial charge in [-0.2, -0.15) is 0 Å². The second kappa shape index (κ2) is 8.23. The largest absolute Gasteiger partial charge is 0.394 e. The SMILES string of the molecule is OC[C@@H](O)[C@@H](O)[C@H](O)[C@H](O)C(O)Cl.[Na]. The molecule has 0 fully saturated rings. The molecule has 0 rings (SSSR count). The Bertz CT molecular complexity index is 148. The third kappa shape index (κ3) is 5.22. The molecule has 81 valence electrons. The molecule has 0 aliphatic carbocycles. The molecule has 0 aliphatic heterocycles. The first kappa shape index (κ1) is 17.4. The van der Waals surface area contributed by atoms with Gasteiger partial charge in [0.05, 0.1) is 6.61 Å². The van der Waals surface area contributed by atoms with E-state index in [1.165, 1.54) is 0 Å². The molecule has 0 amide bonds. The summed E-state index contributed by atoms with van der Waals surface area (Å²) in [6.45, 7) is -0.774. The smallest absolute Gasteiger partial charge is 0.156 e. The average Bonchev–Trinajstić information content (AvgIpc) is 2.12. The molecule has 0 aromatic carbocycles. The van der Waals surface area contributed by atoms with E-state index in [0.717, 1.165) is 0 Å². The van der Waals surface area contributed by atoms with Gasteiger partial charge in [0, 0.05) is 29.6 Å². The van der Waals surface area contributed by atoms with Crippen molar-refractivity contribution in [2.75, 3.05) is 6.61 Å². The second-order valence-corrected chi connectivity index (χ2v) is 3.04. The molecule has 0 aromatic heterocycles. The van der Waals surface area contributed by atoms with E-state index in [0.29, 0.717) is 0 Å². The van der Waals surface area contributed by atoms with Crippen molar-refractivity contribution in [1.29, 1.82) is 0 Å². The van der Waals surface area contributed by atoms with E-state index in [-0.39, 0.29) is 29.6 Å². The van der Waals surface area contributed by atoms with Gasteiger partial charge in [-0.25, -0.2) is 0 Å². The molecule has 0 heterocycles. The van der Waals surface area contributed by atoms with Crippen molar-refractivity contribution in [2.45, 2.75) is 30.0 Å². The van der Waals surface area contributed by atoms with Gasteiger partial charge in [-0.15, -0.1) is 0 Å². The Morgan fingerprint density at radius 2 is 1.29 bits per heavy atom. The average molecular weight is 240 g/mol. The molecule has 1 unspecified atom stereocenters. The molecule has 8 heteroatoms. The van der Waals surface area contributed by atoms with E-state index < -0.39 is 36.6 Å². The molecular weight excluding hydrogens is 227 g/mol. The van der Waals surface area contributed by atoms with Gasteiger partial charge in [0.25, 0.3) is 0 Å². The summed E-state index contributed by atoms with van der Waals surface area (Å²) in [6, 6.07) is 0. The normalized spacial score (nSPS) is 21.6. The van der Waals surface area contributed by atoms with Crippen LogP contribution in [0.15, 0.2) is 0 Å². The van der Waals surface area contributed by atoms with Crippen molar-refractivity contribution < 1.29 is 30.6 Å². The van der Waals surface area contributed by atoms with Gasteiger partial charge in [-0.1, -0.05) is 11.6 Å². The molecular formula is C6H13ClNaO6. The van der Waals surface area contributed by atoms with Crippen LogP contribution < -0.4 is 0 Å². The minimum absolute atomic E-state index is 0. The number of hydrogen-bond donors (Lipinski definition) is 6. The Kier molecular flexibility index (Phi) is 10.3. The van der Waals surface area contributed by atoms with Crippen LogP contribution in [0.4, 0.5) is 0 Å². The Balaban J connectivity index is 0. The topological polar surface area (TPSA) is 121 Å². The van der Waals surface area contributed by atoms with Crippen LogP contribution in [0.25, 0.3) is 0 Å². The zero-order valence-electron chi connectivity index (χ0n) is 7.66. The molecule has 6 N–H and O–H groups in total. The minimum Gasteiger partial charge on any atom is -0.394 e. The Hall–Kier alpha value is 1.05. The van der Waals surface area contributed by atoms with Crippen LogP contribution >= 0.6 is 11.6 Å². The van der Waals surface area contributed by atoms with Gasteiger partial charge in [0.15, 0.2) is 5.56 Å². The van der Waals surface area contributed by atoms with Crippen molar-refractivity contribution in [2.24, 2.45) is 0 Å². The van der Waals surface area contributed by atoms with Gasteiger partial charge in [-0.3, -0.25) is 0 Å². The molecule has 14 heavy (non-hydrogen) atoms. The van der Waals surface area contributed by atoms with Crippen molar-refractivity contribution in [3.8, 4) is 0 Å². The molecule has 0 saturated carbocycles. The molecule has 0 aromatic rings. The molecule has 0 saturated heterocycles. The number of hydrogen-bond acceptors (Lipinski definition) is 6. The summed E-state index contributed by atoms with van der Waals surface area (Å²) in [5, 5.41) is 52.8. The van der Waals surface area contributed by atoms with E-state index in [1.54, 1.807) is 0 Å². The van der Waals surface area contributed by atoms with Gasteiger partial charge in [-0.05, 0) is 0 Å². The predicted molar refractivity (Wildman–Crippen MR) is 48.7 cm³/mol. The third-order valence-electron chi connectivity index (χ3n) is 1.56. The number of aliphatic hydroxyl groups is 6. The van der Waals surface area contributed by atoms with Crippen molar-refractivity contribution in [1.82, 2.24) is 0 Å². The number of halogens is 1. The monoisotopic (exact) mass is 239 g/mol. The molecule has 5 atom stereocenters. The summed E-state index contributed by atoms with van der Waals surface area (Å²) in [5.74, 6) is 0. The molecule has 1 radical (unpaired) electrons. The molecule has 0 spiro atoms. The van der Waals surface area contributed by atoms with Crippen LogP contribution in [-0.4, -0.2) is 96.8 Å². The zero-order valence-corrected chi connectivity index (χ0v) is 10.4. The van der Waals surface area contributed by atoms with Crippen LogP contribution in [0, 0.1) is 0 Å². The van der Waals surface area contributed by atoms with Gasteiger partial charge in [0.2, 0.25) is 0 Å². The van der Waals surface area contributed by atoms with Crippen LogP contribution in [0.5, 0.6) is 0 Å². The molecule has 0 aliphatic rings. The van der Waals surface area contributed by atoms with E-state index in [1.807, 2.05) is 0 Å². The van der Waals surface area contributed by atoms with Crippen molar-refractivity contribution >= 4 is 41.2 Å². The van der Waals surface area contributed by atoms with Crippen LogP contribution in [0.3, 0.4) is 0 Å². The minimum atomic E-state index is -1.82. The maximum atomic E-state index is 9.04. The molecule has 6 nitrogen and oxygen atoms in total. The zero-order chi connectivity index (χ0) is 10.6. The number of aliphatic hydroxyl groups excluding tert-OH is 6. The van der Waals surface area contributed by atoms with Crippen LogP contribution in [0.2, 0.25) is 0 Å². The summed E-state index contributed by atoms with van der Waals surface area (Å²) in [4.78, 5) is 0. The van der Waals surface area contributed by atoms with Gasteiger partial charge < -0.3 is 30.6 Å². The summed E-state index contributed by atoms with van der Waals surface area (Å²) in [6.07, 6.45) is -6.99. The predicted octanol–water partition coefficient (Wildman–Crippen LogP) is -3.40. The Labute approximate surface area is 108 Å². The fourth-order valence-corrected chi connectivity index (χ4v) is 0.849. The quantitative estimate of drug-likeness (QED) is 0.220. The van der Waals surface area contributed by atoms with Crippen molar-refractivity contribution in [3.63, 3.8) is 0 Å². The first-order chi connectivity index (χ1) is 5.91. The van der Waals surface area contributed by atoms with Crippen molar-refractivity contribution in [3.05, 3.63) is 0 Å². The summed E-state index contributed by atoms with van der Waals surface area (Å²) < 4.78 is 0. The van der Waals surface area contributed by atoms with E-state index in [2.05, 4.69) is 0 Å². The van der Waals surface area contributed by atoms with Crippen LogP contribution in [-0.2, 0) is 0 Å². The summed E-state index contributed by atoms with van der Waals surface area (Å²) in [5.41, 5.74) is -1.75. The maximum Gasteiger partial charge on any atom is 0.156 e. The van der Waals surface area contributed by atoms with E-state index in [9.17, 15) is 0 Å². The third-order valence-corrected chi connectivity index (χ3v) is 1.82. The Morgan fingerprint density at radius 1 is 0.857 bits per heavy atom. The standard InChI is InChI=1S/C6H13ClO6.Na/c7-6(13)5(12)4(11)3(10)2(9)1-8;/h2-6,8-13H,1H2;/t2-,3-,4+,5+,6?;/m1./s1. The van der Waals surface area contributed by atoms with E-state index in [4.69, 9.17) is 42.2 Å². The van der Waals surface area contributed by atoms with Gasteiger partial charge in [0.1, 0.15) is 24.4 Å². The second-order valence-electron chi connectivity index (χ2n) is 2.59. The fraction of sp³-hybridized carbons (Fsp3) is 1.00. The fourth-order valence-electron chi connectivity index (χ4n) is 0.700. The number of alkyl halides is 1. The first-order valence-corrected chi connectivity index (χ1v) is 4.00. The number of rotatable bonds is 5. The summed E-state index contributed by atoms with van der Waals surface area (Å²) >= 11 is 5.01. The summed E-state index contributed by atoms with van der Waals surface area (Å²) in [7, 11) is 0. The Morgan fingerprint density at radius 3 is 1.57 bits per heavy atom. The van der Waals surface area contributed by atoms with E-state index >= 15 is 0 Å². The van der Waals surface area contributed by atoms with Gasteiger partial charge >= 0.3 is 0 Å². The first-order valence-electron chi connectivity index (χ1n) is 3.57. The molecule has 0 bridgehead atoms. The maximum absolute atomic E-state index is 9.04. The van der Waals surface area contributed by atoms with Crippen LogP contribution in [0.1, 0.15) is 0 Å².